The summed E-state index contributed by atoms with van der Waals surface area (Å²) in [5.74, 6) is 0. The molecule has 18 aromatic rings. The maximum absolute atomic E-state index is 2.35. The fourth-order valence-electron chi connectivity index (χ4n) is 14.7. The smallest absolute Gasteiger partial charge is 0.0540 e. The van der Waals surface area contributed by atoms with Crippen molar-refractivity contribution in [3.63, 3.8) is 0 Å². The van der Waals surface area contributed by atoms with Crippen LogP contribution in [0.1, 0.15) is 0 Å². The van der Waals surface area contributed by atoms with Crippen LogP contribution in [-0.4, -0.2) is 14.1 Å². The average Bonchev–Trinajstić information content (AvgIpc) is 0.721. The Bertz CT molecular complexity index is 5790. The zero-order chi connectivity index (χ0) is 64.1. The second-order valence-corrected chi connectivity index (χ2v) is 24.9. The van der Waals surface area contributed by atoms with Crippen molar-refractivity contribution in [3.8, 4) is 22.3 Å². The van der Waals surface area contributed by atoms with Crippen LogP contribution in [0.4, 0.5) is 56.9 Å². The molecule has 0 atom stereocenters. The monoisotopic (exact) mass is 1230 g/mol. The van der Waals surface area contributed by atoms with Crippen LogP contribution in [0.25, 0.3) is 108 Å². The molecule has 0 aliphatic carbocycles. The van der Waals surface area contributed by atoms with Gasteiger partial charge in [0.2, 0.25) is 0 Å². The average molecular weight is 1230 g/mol. The maximum Gasteiger partial charge on any atom is 0.0540 e. The molecule has 96 heavy (non-hydrogen) atoms. The van der Waals surface area contributed by atoms with Crippen molar-refractivity contribution in [3.05, 3.63) is 364 Å². The molecule has 0 aromatic heterocycles. The van der Waals surface area contributed by atoms with Gasteiger partial charge in [0.25, 0.3) is 0 Å². The molecule has 4 nitrogen and oxygen atoms in total. The van der Waals surface area contributed by atoms with Crippen molar-refractivity contribution in [2.24, 2.45) is 0 Å². The van der Waals surface area contributed by atoms with E-state index in [9.17, 15) is 0 Å². The zero-order valence-corrected chi connectivity index (χ0v) is 53.4. The molecule has 4 heteroatoms. The molecule has 18 aromatic carbocycles. The van der Waals surface area contributed by atoms with Crippen molar-refractivity contribution >= 4 is 143 Å². The minimum absolute atomic E-state index is 1.12. The van der Waals surface area contributed by atoms with E-state index < -0.39 is 0 Å². The first-order valence-electron chi connectivity index (χ1n) is 33.0. The summed E-state index contributed by atoms with van der Waals surface area (Å²) in [6, 6.07) is 132. The SMILES string of the molecule is CN(c1ccc(-c2ccc(N(c3ccccc3)c3cccc4ccccc34)cc2)cc1)c1cc2ccccc2c2ccccc12.CN(c1ccc(-c2ccc(N(c3ccccc3)c3cccc4ccccc34)cc2)cc1)c1ccc2c3cccc4cccc(c5cccc1c52)c43. The molecular weight excluding hydrogens is 1160 g/mol. The Labute approximate surface area is 559 Å². The molecule has 0 heterocycles. The molecule has 0 aliphatic heterocycles. The van der Waals surface area contributed by atoms with Crippen molar-refractivity contribution in [2.45, 2.75) is 0 Å². The molecule has 0 aliphatic rings. The van der Waals surface area contributed by atoms with E-state index >= 15 is 0 Å². The Hall–Kier alpha value is -12.5. The highest BCUT2D eigenvalue weighted by molar-refractivity contribution is 6.34. The summed E-state index contributed by atoms with van der Waals surface area (Å²) in [6.45, 7) is 0. The maximum atomic E-state index is 2.35. The predicted octanol–water partition coefficient (Wildman–Crippen LogP) is 25.8. The fourth-order valence-corrected chi connectivity index (χ4v) is 14.7. The van der Waals surface area contributed by atoms with Crippen LogP contribution >= 0.6 is 0 Å². The van der Waals surface area contributed by atoms with Crippen LogP contribution in [-0.2, 0) is 0 Å². The van der Waals surface area contributed by atoms with Gasteiger partial charge in [-0.2, -0.15) is 0 Å². The fraction of sp³-hybridized carbons (Fsp3) is 0.0217. The van der Waals surface area contributed by atoms with E-state index in [4.69, 9.17) is 0 Å². The molecule has 0 fully saturated rings. The summed E-state index contributed by atoms with van der Waals surface area (Å²) >= 11 is 0. The molecule has 0 unspecified atom stereocenters. The van der Waals surface area contributed by atoms with E-state index in [0.29, 0.717) is 0 Å². The van der Waals surface area contributed by atoms with Crippen molar-refractivity contribution < 1.29 is 0 Å². The lowest BCUT2D eigenvalue weighted by atomic mass is 9.89. The van der Waals surface area contributed by atoms with E-state index in [-0.39, 0.29) is 0 Å². The van der Waals surface area contributed by atoms with Crippen LogP contribution in [0.5, 0.6) is 0 Å². The first kappa shape index (κ1) is 57.4. The van der Waals surface area contributed by atoms with Gasteiger partial charge in [-0.15, -0.1) is 0 Å². The van der Waals surface area contributed by atoms with E-state index in [1.807, 2.05) is 0 Å². The van der Waals surface area contributed by atoms with Gasteiger partial charge in [0, 0.05) is 81.1 Å². The van der Waals surface area contributed by atoms with Gasteiger partial charge in [-0.3, -0.25) is 0 Å². The van der Waals surface area contributed by atoms with E-state index in [1.165, 1.54) is 131 Å². The van der Waals surface area contributed by atoms with Gasteiger partial charge < -0.3 is 19.6 Å². The largest absolute Gasteiger partial charge is 0.344 e. The third-order valence-corrected chi connectivity index (χ3v) is 19.4. The number of anilines is 10. The Kier molecular flexibility index (Phi) is 14.7. The lowest BCUT2D eigenvalue weighted by Crippen LogP contribution is -2.10. The Morgan fingerprint density at radius 1 is 0.167 bits per heavy atom. The number of fused-ring (bicyclic) bond motifs is 7. The van der Waals surface area contributed by atoms with Crippen LogP contribution in [0.15, 0.2) is 364 Å². The summed E-state index contributed by atoms with van der Waals surface area (Å²) < 4.78 is 0. The highest BCUT2D eigenvalue weighted by Crippen LogP contribution is 2.46. The topological polar surface area (TPSA) is 13.0 Å². The number of hydrogen-bond acceptors (Lipinski definition) is 4. The number of hydrogen-bond donors (Lipinski definition) is 0. The van der Waals surface area contributed by atoms with Crippen LogP contribution in [0.3, 0.4) is 0 Å². The van der Waals surface area contributed by atoms with Gasteiger partial charge in [-0.25, -0.2) is 0 Å². The normalized spacial score (nSPS) is 11.4. The first-order valence-corrected chi connectivity index (χ1v) is 33.0. The number of benzene rings is 18. The molecule has 0 N–H and O–H groups in total. The van der Waals surface area contributed by atoms with E-state index in [2.05, 4.69) is 398 Å². The second-order valence-electron chi connectivity index (χ2n) is 24.9. The highest BCUT2D eigenvalue weighted by Gasteiger charge is 2.21. The highest BCUT2D eigenvalue weighted by atomic mass is 15.2. The molecule has 0 radical (unpaired) electrons. The van der Waals surface area contributed by atoms with Gasteiger partial charge in [0.15, 0.2) is 0 Å². The van der Waals surface area contributed by atoms with Crippen LogP contribution in [0, 0.1) is 0 Å². The summed E-state index contributed by atoms with van der Waals surface area (Å²) in [5, 5.41) is 20.5. The third-order valence-electron chi connectivity index (χ3n) is 19.4. The standard InChI is InChI=1S/C49H34N2.C43H32N2/c1-50(46-32-31-44-42-19-8-14-36-13-7-18-41(48(36)42)43-20-10-21-45(46)49(43)44)37-27-23-33(24-28-37)34-25-29-39(30-26-34)51(38-15-3-2-4-16-38)47-22-9-12-35-11-5-6-17-40(35)47;1-44(43-30-34-13-6-7-17-38(34)40-19-9-10-20-41(40)43)35-26-22-31(23-27-35)32-24-28-37(29-25-32)45(36-15-3-2-4-16-36)42-21-11-14-33-12-5-8-18-39(33)42/h2-32H,1H3;2-30H,1H3. The third kappa shape index (κ3) is 10.3. The summed E-state index contributed by atoms with van der Waals surface area (Å²) in [6.07, 6.45) is 0. The van der Waals surface area contributed by atoms with E-state index in [0.717, 1.165) is 34.1 Å². The van der Waals surface area contributed by atoms with Gasteiger partial charge >= 0.3 is 0 Å². The van der Waals surface area contributed by atoms with Gasteiger partial charge in [0.1, 0.15) is 0 Å². The lowest BCUT2D eigenvalue weighted by molar-refractivity contribution is 1.22. The second kappa shape index (κ2) is 24.5. The van der Waals surface area contributed by atoms with Crippen molar-refractivity contribution in [1.82, 2.24) is 0 Å². The Morgan fingerprint density at radius 2 is 0.490 bits per heavy atom. The number of rotatable bonds is 12. The minimum Gasteiger partial charge on any atom is -0.344 e. The molecule has 0 spiro atoms. The Morgan fingerprint density at radius 3 is 0.990 bits per heavy atom. The zero-order valence-electron chi connectivity index (χ0n) is 53.4. The van der Waals surface area contributed by atoms with Gasteiger partial charge in [-0.05, 0) is 184 Å². The van der Waals surface area contributed by atoms with Crippen molar-refractivity contribution in [2.75, 3.05) is 33.7 Å². The molecule has 0 saturated heterocycles. The minimum atomic E-state index is 1.12. The first-order chi connectivity index (χ1) is 47.5. The molecular formula is C92H66N4. The summed E-state index contributed by atoms with van der Waals surface area (Å²) in [7, 11) is 4.34. The number of nitrogens with zero attached hydrogens (tertiary/aromatic N) is 4. The summed E-state index contributed by atoms with van der Waals surface area (Å²) in [4.78, 5) is 9.31. The predicted molar refractivity (Wildman–Crippen MR) is 413 cm³/mol. The molecule has 0 bridgehead atoms. The molecule has 454 valence electrons. The van der Waals surface area contributed by atoms with E-state index in [1.54, 1.807) is 0 Å². The van der Waals surface area contributed by atoms with Crippen LogP contribution in [0.2, 0.25) is 0 Å². The quantitative estimate of drug-likeness (QED) is 0.0893. The number of para-hydroxylation sites is 2. The molecule has 0 saturated carbocycles. The Balaban J connectivity index is 0.000000146. The molecule has 0 amide bonds. The van der Waals surface area contributed by atoms with Gasteiger partial charge in [0.05, 0.1) is 11.4 Å². The van der Waals surface area contributed by atoms with Gasteiger partial charge in [-0.1, -0.05) is 267 Å². The summed E-state index contributed by atoms with van der Waals surface area (Å²) in [5.41, 5.74) is 16.3. The lowest BCUT2D eigenvalue weighted by Gasteiger charge is -2.27. The van der Waals surface area contributed by atoms with Crippen LogP contribution < -0.4 is 19.6 Å². The van der Waals surface area contributed by atoms with Crippen molar-refractivity contribution in [1.29, 1.82) is 0 Å². The molecule has 18 rings (SSSR count).